The van der Waals surface area contributed by atoms with Crippen molar-refractivity contribution in [3.05, 3.63) is 36.0 Å². The summed E-state index contributed by atoms with van der Waals surface area (Å²) in [6.45, 7) is 4.14. The molecule has 1 fully saturated rings. The van der Waals surface area contributed by atoms with E-state index in [1.165, 1.54) is 0 Å². The molecular weight excluding hydrogens is 278 g/mol. The molecule has 5 heteroatoms. The number of nitriles is 1. The molecule has 0 bridgehead atoms. The van der Waals surface area contributed by atoms with Crippen molar-refractivity contribution in [1.82, 2.24) is 4.98 Å². The Bertz CT molecular complexity index is 690. The Balaban J connectivity index is 1.73. The number of hydrogen-bond acceptors (Lipinski definition) is 5. The first-order valence-electron chi connectivity index (χ1n) is 7.52. The molecule has 22 heavy (non-hydrogen) atoms. The van der Waals surface area contributed by atoms with Crippen LogP contribution in [0.5, 0.6) is 0 Å². The van der Waals surface area contributed by atoms with E-state index in [0.717, 1.165) is 29.6 Å². The summed E-state index contributed by atoms with van der Waals surface area (Å²) in [6, 6.07) is 11.9. The second-order valence-corrected chi connectivity index (χ2v) is 5.55. The van der Waals surface area contributed by atoms with Crippen LogP contribution in [-0.2, 0) is 9.47 Å². The second-order valence-electron chi connectivity index (χ2n) is 5.55. The monoisotopic (exact) mass is 297 g/mol. The largest absolute Gasteiger partial charge is 0.380 e. The van der Waals surface area contributed by atoms with E-state index < -0.39 is 0 Å². The highest BCUT2D eigenvalue weighted by Crippen LogP contribution is 2.23. The van der Waals surface area contributed by atoms with Gasteiger partial charge >= 0.3 is 0 Å². The molecule has 0 spiro atoms. The predicted octanol–water partition coefficient (Wildman–Crippen LogP) is 2.71. The van der Waals surface area contributed by atoms with Gasteiger partial charge in [0.05, 0.1) is 24.8 Å². The van der Waals surface area contributed by atoms with Crippen molar-refractivity contribution >= 4 is 16.6 Å². The number of rotatable bonds is 5. The van der Waals surface area contributed by atoms with Crippen LogP contribution in [-0.4, -0.2) is 37.0 Å². The summed E-state index contributed by atoms with van der Waals surface area (Å²) in [5, 5.41) is 13.6. The third kappa shape index (κ3) is 3.35. The van der Waals surface area contributed by atoms with E-state index in [-0.39, 0.29) is 12.1 Å². The van der Waals surface area contributed by atoms with Crippen LogP contribution in [0.4, 0.5) is 5.69 Å². The summed E-state index contributed by atoms with van der Waals surface area (Å²) in [5.41, 5.74) is 2.15. The normalized spacial score (nSPS) is 19.0. The maximum atomic E-state index is 9.12. The zero-order valence-electron chi connectivity index (χ0n) is 12.6. The molecule has 2 atom stereocenters. The Hall–Kier alpha value is -2.16. The number of nitrogens with one attached hydrogen (secondary N) is 1. The number of hydrogen-bond donors (Lipinski definition) is 1. The third-order valence-electron chi connectivity index (χ3n) is 3.70. The van der Waals surface area contributed by atoms with Gasteiger partial charge in [0, 0.05) is 23.7 Å². The quantitative estimate of drug-likeness (QED) is 0.919. The first-order valence-corrected chi connectivity index (χ1v) is 7.52. The lowest BCUT2D eigenvalue weighted by Gasteiger charge is -2.19. The van der Waals surface area contributed by atoms with E-state index in [9.17, 15) is 0 Å². The highest BCUT2D eigenvalue weighted by molar-refractivity contribution is 5.91. The van der Waals surface area contributed by atoms with Crippen molar-refractivity contribution < 1.29 is 9.47 Å². The fourth-order valence-electron chi connectivity index (χ4n) is 2.58. The van der Waals surface area contributed by atoms with Crippen LogP contribution in [0.3, 0.4) is 0 Å². The summed E-state index contributed by atoms with van der Waals surface area (Å²) in [5.74, 6) is 0. The lowest BCUT2D eigenvalue weighted by molar-refractivity contribution is 0.0395. The molecule has 1 aromatic heterocycles. The molecular formula is C17H19N3O2. The van der Waals surface area contributed by atoms with Gasteiger partial charge in [0.2, 0.25) is 0 Å². The van der Waals surface area contributed by atoms with Crippen molar-refractivity contribution in [3.8, 4) is 6.07 Å². The molecule has 114 valence electrons. The molecule has 0 radical (unpaired) electrons. The molecule has 1 aromatic carbocycles. The summed E-state index contributed by atoms with van der Waals surface area (Å²) in [4.78, 5) is 4.32. The third-order valence-corrected chi connectivity index (χ3v) is 3.70. The van der Waals surface area contributed by atoms with Gasteiger partial charge in [-0.25, -0.2) is 4.98 Å². The molecule has 5 nitrogen and oxygen atoms in total. The standard InChI is InChI=1S/C17H19N3O2/c1-12(10-22-14-6-7-21-11-14)19-17-8-13(9-18)20-16-5-3-2-4-15(16)17/h2-5,8,12,14H,6-7,10-11H2,1H3,(H,19,20). The molecule has 0 amide bonds. The van der Waals surface area contributed by atoms with Crippen LogP contribution in [0.1, 0.15) is 19.0 Å². The van der Waals surface area contributed by atoms with Gasteiger partial charge in [-0.1, -0.05) is 18.2 Å². The molecule has 3 rings (SSSR count). The van der Waals surface area contributed by atoms with Gasteiger partial charge in [0.1, 0.15) is 11.8 Å². The number of ether oxygens (including phenoxy) is 2. The number of aromatic nitrogens is 1. The van der Waals surface area contributed by atoms with Crippen LogP contribution in [0.25, 0.3) is 10.9 Å². The summed E-state index contributed by atoms with van der Waals surface area (Å²) < 4.78 is 11.1. The predicted molar refractivity (Wildman–Crippen MR) is 84.7 cm³/mol. The van der Waals surface area contributed by atoms with E-state index >= 15 is 0 Å². The van der Waals surface area contributed by atoms with Crippen LogP contribution >= 0.6 is 0 Å². The van der Waals surface area contributed by atoms with Gasteiger partial charge in [-0.15, -0.1) is 0 Å². The van der Waals surface area contributed by atoms with Gasteiger partial charge in [-0.2, -0.15) is 5.26 Å². The van der Waals surface area contributed by atoms with Crippen LogP contribution in [0, 0.1) is 11.3 Å². The van der Waals surface area contributed by atoms with Crippen molar-refractivity contribution in [1.29, 1.82) is 5.26 Å². The van der Waals surface area contributed by atoms with Gasteiger partial charge < -0.3 is 14.8 Å². The van der Waals surface area contributed by atoms with Crippen LogP contribution < -0.4 is 5.32 Å². The average Bonchev–Trinajstić information content (AvgIpc) is 3.06. The number of nitrogens with zero attached hydrogens (tertiary/aromatic N) is 2. The second kappa shape index (κ2) is 6.73. The van der Waals surface area contributed by atoms with Crippen LogP contribution in [0.2, 0.25) is 0 Å². The maximum Gasteiger partial charge on any atom is 0.143 e. The Morgan fingerprint density at radius 3 is 3.14 bits per heavy atom. The Morgan fingerprint density at radius 1 is 1.50 bits per heavy atom. The molecule has 1 aliphatic heterocycles. The minimum absolute atomic E-state index is 0.137. The first kappa shape index (κ1) is 14.8. The maximum absolute atomic E-state index is 9.12. The fourth-order valence-corrected chi connectivity index (χ4v) is 2.58. The zero-order valence-corrected chi connectivity index (χ0v) is 12.6. The Morgan fingerprint density at radius 2 is 2.36 bits per heavy atom. The van der Waals surface area contributed by atoms with Crippen LogP contribution in [0.15, 0.2) is 30.3 Å². The molecule has 1 N–H and O–H groups in total. The molecule has 2 heterocycles. The van der Waals surface area contributed by atoms with E-state index in [1.54, 1.807) is 6.07 Å². The van der Waals surface area contributed by atoms with Crippen molar-refractivity contribution in [2.24, 2.45) is 0 Å². The van der Waals surface area contributed by atoms with Crippen molar-refractivity contribution in [2.45, 2.75) is 25.5 Å². The van der Waals surface area contributed by atoms with Gasteiger partial charge in [0.25, 0.3) is 0 Å². The van der Waals surface area contributed by atoms with Gasteiger partial charge in [-0.05, 0) is 25.5 Å². The number of benzene rings is 1. The lowest BCUT2D eigenvalue weighted by Crippen LogP contribution is -2.26. The highest BCUT2D eigenvalue weighted by Gasteiger charge is 2.17. The fraction of sp³-hybridized carbons (Fsp3) is 0.412. The minimum Gasteiger partial charge on any atom is -0.380 e. The Kier molecular flexibility index (Phi) is 4.52. The SMILES string of the molecule is CC(COC1CCOC1)Nc1cc(C#N)nc2ccccc12. The molecule has 1 aliphatic rings. The first-order chi connectivity index (χ1) is 10.8. The summed E-state index contributed by atoms with van der Waals surface area (Å²) in [6.07, 6.45) is 1.16. The number of pyridine rings is 1. The molecule has 2 unspecified atom stereocenters. The smallest absolute Gasteiger partial charge is 0.143 e. The zero-order chi connectivity index (χ0) is 15.4. The van der Waals surface area contributed by atoms with E-state index in [1.807, 2.05) is 24.3 Å². The van der Waals surface area contributed by atoms with Gasteiger partial charge in [0.15, 0.2) is 0 Å². The summed E-state index contributed by atoms with van der Waals surface area (Å²) >= 11 is 0. The lowest BCUT2D eigenvalue weighted by atomic mass is 10.1. The molecule has 0 aliphatic carbocycles. The number of fused-ring (bicyclic) bond motifs is 1. The number of para-hydroxylation sites is 1. The molecule has 2 aromatic rings. The number of anilines is 1. The van der Waals surface area contributed by atoms with E-state index in [4.69, 9.17) is 14.7 Å². The Labute approximate surface area is 129 Å². The van der Waals surface area contributed by atoms with Crippen molar-refractivity contribution in [2.75, 3.05) is 25.1 Å². The summed E-state index contributed by atoms with van der Waals surface area (Å²) in [7, 11) is 0. The van der Waals surface area contributed by atoms with E-state index in [0.29, 0.717) is 18.9 Å². The molecule has 1 saturated heterocycles. The van der Waals surface area contributed by atoms with E-state index in [2.05, 4.69) is 23.3 Å². The highest BCUT2D eigenvalue weighted by atomic mass is 16.5. The molecule has 0 saturated carbocycles. The minimum atomic E-state index is 0.137. The van der Waals surface area contributed by atoms with Crippen molar-refractivity contribution in [3.63, 3.8) is 0 Å². The topological polar surface area (TPSA) is 67.2 Å². The van der Waals surface area contributed by atoms with Gasteiger partial charge in [-0.3, -0.25) is 0 Å². The average molecular weight is 297 g/mol.